The number of rotatable bonds is 4. The molecule has 1 N–H and O–H groups in total. The van der Waals surface area contributed by atoms with E-state index in [0.29, 0.717) is 29.2 Å². The molecule has 3 aromatic rings. The minimum atomic E-state index is -4.79. The van der Waals surface area contributed by atoms with Crippen molar-refractivity contribution >= 4 is 17.3 Å². The van der Waals surface area contributed by atoms with Crippen LogP contribution in [0.1, 0.15) is 16.8 Å². The molecule has 1 aliphatic heterocycles. The van der Waals surface area contributed by atoms with E-state index in [1.807, 2.05) is 0 Å². The first kappa shape index (κ1) is 21.7. The fourth-order valence-electron chi connectivity index (χ4n) is 3.39. The minimum Gasteiger partial charge on any atom is -0.406 e. The first-order valence-electron chi connectivity index (χ1n) is 9.33. The smallest absolute Gasteiger partial charge is 0.406 e. The second-order valence-electron chi connectivity index (χ2n) is 6.89. The van der Waals surface area contributed by atoms with Gasteiger partial charge in [0.05, 0.1) is 17.8 Å². The Kier molecular flexibility index (Phi) is 5.53. The van der Waals surface area contributed by atoms with Crippen molar-refractivity contribution in [3.05, 3.63) is 65.7 Å². The van der Waals surface area contributed by atoms with E-state index in [-0.39, 0.29) is 24.7 Å². The summed E-state index contributed by atoms with van der Waals surface area (Å²) in [6.07, 6.45) is -6.40. The highest BCUT2D eigenvalue weighted by Crippen LogP contribution is 2.37. The first-order chi connectivity index (χ1) is 15.1. The quantitative estimate of drug-likeness (QED) is 0.553. The highest BCUT2D eigenvalue weighted by Gasteiger charge is 2.36. The maximum atomic E-state index is 13.4. The van der Waals surface area contributed by atoms with Crippen LogP contribution in [-0.4, -0.2) is 27.9 Å². The van der Waals surface area contributed by atoms with Gasteiger partial charge in [0.15, 0.2) is 0 Å². The number of aromatic nitrogens is 3. The molecule has 3 heterocycles. The fraction of sp³-hybridized carbons (Fsp3) is 0.250. The number of benzene rings is 1. The first-order valence-corrected chi connectivity index (χ1v) is 9.33. The van der Waals surface area contributed by atoms with Gasteiger partial charge < -0.3 is 15.0 Å². The lowest BCUT2D eigenvalue weighted by Gasteiger charge is -2.31. The van der Waals surface area contributed by atoms with Crippen molar-refractivity contribution in [1.82, 2.24) is 15.0 Å². The zero-order valence-corrected chi connectivity index (χ0v) is 16.2. The number of anilines is 3. The van der Waals surface area contributed by atoms with Gasteiger partial charge >= 0.3 is 12.5 Å². The van der Waals surface area contributed by atoms with Crippen molar-refractivity contribution in [2.24, 2.45) is 0 Å². The summed E-state index contributed by atoms with van der Waals surface area (Å²) in [6.45, 7) is 0.360. The molecule has 32 heavy (non-hydrogen) atoms. The maximum absolute atomic E-state index is 13.4. The number of hydrogen-bond acceptors (Lipinski definition) is 6. The summed E-state index contributed by atoms with van der Waals surface area (Å²) in [7, 11) is 0. The number of nitrogens with zero attached hydrogens (tertiary/aromatic N) is 4. The molecule has 6 nitrogen and oxygen atoms in total. The van der Waals surface area contributed by atoms with Crippen LogP contribution in [0.3, 0.4) is 0 Å². The summed E-state index contributed by atoms with van der Waals surface area (Å²) in [5.74, 6) is -0.102. The van der Waals surface area contributed by atoms with Crippen LogP contribution in [0.5, 0.6) is 5.75 Å². The molecule has 0 aliphatic carbocycles. The van der Waals surface area contributed by atoms with Gasteiger partial charge in [0.1, 0.15) is 23.7 Å². The second kappa shape index (κ2) is 8.17. The molecule has 0 unspecified atom stereocenters. The van der Waals surface area contributed by atoms with E-state index in [4.69, 9.17) is 0 Å². The Morgan fingerprint density at radius 1 is 0.938 bits per heavy atom. The van der Waals surface area contributed by atoms with E-state index in [1.165, 1.54) is 35.6 Å². The van der Waals surface area contributed by atoms with Crippen LogP contribution in [0.25, 0.3) is 0 Å². The van der Waals surface area contributed by atoms with Gasteiger partial charge in [0.25, 0.3) is 0 Å². The molecule has 1 aromatic carbocycles. The van der Waals surface area contributed by atoms with E-state index in [1.54, 1.807) is 0 Å². The topological polar surface area (TPSA) is 63.2 Å². The lowest BCUT2D eigenvalue weighted by Crippen LogP contribution is -2.34. The molecule has 0 saturated carbocycles. The van der Waals surface area contributed by atoms with Gasteiger partial charge in [-0.15, -0.1) is 13.2 Å². The predicted octanol–water partition coefficient (Wildman–Crippen LogP) is 5.10. The van der Waals surface area contributed by atoms with Crippen LogP contribution in [0.2, 0.25) is 0 Å². The Balaban J connectivity index is 1.54. The lowest BCUT2D eigenvalue weighted by molar-refractivity contribution is -0.274. The molecular formula is C20H15F6N5O. The highest BCUT2D eigenvalue weighted by molar-refractivity contribution is 5.62. The number of hydrogen-bond donors (Lipinski definition) is 1. The van der Waals surface area contributed by atoms with Crippen LogP contribution < -0.4 is 15.0 Å². The summed E-state index contributed by atoms with van der Waals surface area (Å²) < 4.78 is 80.8. The third kappa shape index (κ3) is 4.84. The van der Waals surface area contributed by atoms with E-state index < -0.39 is 18.1 Å². The van der Waals surface area contributed by atoms with E-state index in [9.17, 15) is 26.3 Å². The molecule has 12 heteroatoms. The average molecular weight is 455 g/mol. The largest absolute Gasteiger partial charge is 0.573 e. The zero-order chi connectivity index (χ0) is 22.9. The fourth-order valence-corrected chi connectivity index (χ4v) is 3.39. The zero-order valence-electron chi connectivity index (χ0n) is 16.2. The highest BCUT2D eigenvalue weighted by atomic mass is 19.4. The second-order valence-corrected chi connectivity index (χ2v) is 6.89. The Morgan fingerprint density at radius 2 is 1.69 bits per heavy atom. The van der Waals surface area contributed by atoms with Crippen LogP contribution in [0.4, 0.5) is 43.7 Å². The summed E-state index contributed by atoms with van der Waals surface area (Å²) in [5, 5.41) is 3.01. The molecule has 1 aliphatic rings. The SMILES string of the molecule is FC(F)(F)Oc1ccc(Nc2ncnc3c2CCN(c2ncccc2C(F)(F)F)C3)cc1. The Labute approximate surface area is 177 Å². The standard InChI is InChI=1S/C20H15F6N5O/c21-19(22,23)15-2-1-8-27-18(15)31-9-7-14-16(10-31)28-11-29-17(14)30-12-3-5-13(6-4-12)32-20(24,25)26/h1-6,8,11H,7,9-10H2,(H,28,29,30). The van der Waals surface area contributed by atoms with Crippen molar-refractivity contribution in [2.45, 2.75) is 25.5 Å². The Hall–Kier alpha value is -3.57. The molecule has 0 bridgehead atoms. The minimum absolute atomic E-state index is 0.102. The van der Waals surface area contributed by atoms with Crippen LogP contribution in [-0.2, 0) is 19.1 Å². The molecule has 0 atom stereocenters. The molecule has 0 amide bonds. The third-order valence-corrected chi connectivity index (χ3v) is 4.75. The number of ether oxygens (including phenoxy) is 1. The van der Waals surface area contributed by atoms with E-state index in [2.05, 4.69) is 25.0 Å². The van der Waals surface area contributed by atoms with Crippen LogP contribution in [0, 0.1) is 0 Å². The van der Waals surface area contributed by atoms with Crippen LogP contribution >= 0.6 is 0 Å². The number of alkyl halides is 6. The summed E-state index contributed by atoms with van der Waals surface area (Å²) >= 11 is 0. The molecule has 0 fully saturated rings. The van der Waals surface area contributed by atoms with Gasteiger partial charge in [0.2, 0.25) is 0 Å². The molecule has 0 radical (unpaired) electrons. The summed E-state index contributed by atoms with van der Waals surface area (Å²) in [6, 6.07) is 7.33. The van der Waals surface area contributed by atoms with Gasteiger partial charge in [-0.05, 0) is 42.8 Å². The maximum Gasteiger partial charge on any atom is 0.573 e. The Morgan fingerprint density at radius 3 is 2.38 bits per heavy atom. The van der Waals surface area contributed by atoms with Gasteiger partial charge in [-0.2, -0.15) is 13.2 Å². The van der Waals surface area contributed by atoms with Crippen molar-refractivity contribution in [2.75, 3.05) is 16.8 Å². The van der Waals surface area contributed by atoms with E-state index in [0.717, 1.165) is 18.2 Å². The average Bonchev–Trinajstić information content (AvgIpc) is 2.73. The van der Waals surface area contributed by atoms with Crippen molar-refractivity contribution in [3.8, 4) is 5.75 Å². The summed E-state index contributed by atoms with van der Waals surface area (Å²) in [5.41, 5.74) is 0.886. The number of fused-ring (bicyclic) bond motifs is 1. The third-order valence-electron chi connectivity index (χ3n) is 4.75. The predicted molar refractivity (Wildman–Crippen MR) is 102 cm³/mol. The molecular weight excluding hydrogens is 440 g/mol. The van der Waals surface area contributed by atoms with Crippen molar-refractivity contribution in [3.63, 3.8) is 0 Å². The normalized spacial score (nSPS) is 14.1. The van der Waals surface area contributed by atoms with Gasteiger partial charge in [-0.3, -0.25) is 0 Å². The number of pyridine rings is 1. The van der Waals surface area contributed by atoms with Gasteiger partial charge in [-0.25, -0.2) is 15.0 Å². The van der Waals surface area contributed by atoms with Crippen molar-refractivity contribution in [1.29, 1.82) is 0 Å². The monoisotopic (exact) mass is 455 g/mol. The molecule has 0 spiro atoms. The van der Waals surface area contributed by atoms with Crippen molar-refractivity contribution < 1.29 is 31.1 Å². The lowest BCUT2D eigenvalue weighted by atomic mass is 10.0. The van der Waals surface area contributed by atoms with Gasteiger partial charge in [0, 0.05) is 24.0 Å². The Bertz CT molecular complexity index is 1100. The number of nitrogens with one attached hydrogen (secondary N) is 1. The van der Waals surface area contributed by atoms with Gasteiger partial charge in [-0.1, -0.05) is 0 Å². The van der Waals surface area contributed by atoms with Crippen LogP contribution in [0.15, 0.2) is 48.9 Å². The molecule has 0 saturated heterocycles. The van der Waals surface area contributed by atoms with E-state index >= 15 is 0 Å². The molecule has 168 valence electrons. The summed E-state index contributed by atoms with van der Waals surface area (Å²) in [4.78, 5) is 13.8. The molecule has 2 aromatic heterocycles. The molecule has 4 rings (SSSR count). The number of halogens is 6.